The second kappa shape index (κ2) is 7.02. The molecule has 0 aliphatic carbocycles. The number of nitrogens with zero attached hydrogens (tertiary/aromatic N) is 4. The highest BCUT2D eigenvalue weighted by atomic mass is 16.5. The van der Waals surface area contributed by atoms with E-state index in [4.69, 9.17) is 4.74 Å². The van der Waals surface area contributed by atoms with Crippen molar-refractivity contribution in [3.05, 3.63) is 60.2 Å². The van der Waals surface area contributed by atoms with Crippen molar-refractivity contribution in [1.82, 2.24) is 20.2 Å². The van der Waals surface area contributed by atoms with Crippen LogP contribution in [-0.4, -0.2) is 38.0 Å². The molecule has 1 unspecified atom stereocenters. The van der Waals surface area contributed by atoms with Crippen LogP contribution in [0.1, 0.15) is 5.56 Å². The van der Waals surface area contributed by atoms with Gasteiger partial charge in [-0.25, -0.2) is 0 Å². The first kappa shape index (κ1) is 15.2. The van der Waals surface area contributed by atoms with Gasteiger partial charge in [-0.1, -0.05) is 48.0 Å². The molecule has 0 saturated heterocycles. The highest BCUT2D eigenvalue weighted by molar-refractivity contribution is 5.52. The van der Waals surface area contributed by atoms with Crippen molar-refractivity contribution in [3.8, 4) is 17.1 Å². The van der Waals surface area contributed by atoms with E-state index in [2.05, 4.69) is 15.4 Å². The van der Waals surface area contributed by atoms with E-state index in [-0.39, 0.29) is 13.2 Å². The van der Waals surface area contributed by atoms with Gasteiger partial charge < -0.3 is 9.84 Å². The minimum Gasteiger partial charge on any atom is -0.491 e. The number of aryl methyl sites for hydroxylation is 1. The maximum atomic E-state index is 10.0. The van der Waals surface area contributed by atoms with Crippen LogP contribution >= 0.6 is 0 Å². The maximum Gasteiger partial charge on any atom is 0.204 e. The lowest BCUT2D eigenvalue weighted by atomic mass is 10.2. The van der Waals surface area contributed by atoms with Crippen LogP contribution in [0.2, 0.25) is 0 Å². The third-order valence-electron chi connectivity index (χ3n) is 3.32. The second-order valence-electron chi connectivity index (χ2n) is 5.31. The van der Waals surface area contributed by atoms with Crippen molar-refractivity contribution >= 4 is 0 Å². The number of rotatable bonds is 6. The lowest BCUT2D eigenvalue weighted by molar-refractivity contribution is 0.0850. The molecule has 0 aliphatic heterocycles. The van der Waals surface area contributed by atoms with E-state index in [1.165, 1.54) is 4.80 Å². The van der Waals surface area contributed by atoms with Crippen LogP contribution in [0.3, 0.4) is 0 Å². The van der Waals surface area contributed by atoms with E-state index >= 15 is 0 Å². The molecule has 0 amide bonds. The summed E-state index contributed by atoms with van der Waals surface area (Å²) in [5.74, 6) is 1.27. The molecule has 0 spiro atoms. The monoisotopic (exact) mass is 310 g/mol. The molecule has 0 aliphatic rings. The summed E-state index contributed by atoms with van der Waals surface area (Å²) in [5, 5.41) is 22.3. The SMILES string of the molecule is Cc1ccc(OCC(O)Cn2nnc(-c3ccccc3)n2)cc1. The van der Waals surface area contributed by atoms with Crippen molar-refractivity contribution in [2.45, 2.75) is 19.6 Å². The highest BCUT2D eigenvalue weighted by Crippen LogP contribution is 2.13. The van der Waals surface area contributed by atoms with Crippen LogP contribution in [0, 0.1) is 6.92 Å². The Balaban J connectivity index is 1.55. The Kier molecular flexibility index (Phi) is 4.63. The number of benzene rings is 2. The van der Waals surface area contributed by atoms with Crippen molar-refractivity contribution in [2.75, 3.05) is 6.61 Å². The molecule has 0 saturated carbocycles. The number of aliphatic hydroxyl groups excluding tert-OH is 1. The van der Waals surface area contributed by atoms with Crippen molar-refractivity contribution in [2.24, 2.45) is 0 Å². The summed E-state index contributed by atoms with van der Waals surface area (Å²) in [6, 6.07) is 17.3. The molecule has 3 rings (SSSR count). The summed E-state index contributed by atoms with van der Waals surface area (Å²) in [6.45, 7) is 2.41. The number of tetrazole rings is 1. The zero-order valence-corrected chi connectivity index (χ0v) is 12.8. The van der Waals surface area contributed by atoms with E-state index in [9.17, 15) is 5.11 Å². The molecule has 6 heteroatoms. The van der Waals surface area contributed by atoms with Gasteiger partial charge in [-0.15, -0.1) is 10.2 Å². The Morgan fingerprint density at radius 3 is 2.57 bits per heavy atom. The first-order chi connectivity index (χ1) is 11.2. The predicted molar refractivity (Wildman–Crippen MR) is 85.9 cm³/mol. The fraction of sp³-hybridized carbons (Fsp3) is 0.235. The van der Waals surface area contributed by atoms with E-state index in [1.807, 2.05) is 61.5 Å². The summed E-state index contributed by atoms with van der Waals surface area (Å²) in [7, 11) is 0. The number of hydrogen-bond donors (Lipinski definition) is 1. The fourth-order valence-corrected chi connectivity index (χ4v) is 2.09. The quantitative estimate of drug-likeness (QED) is 0.754. The molecule has 23 heavy (non-hydrogen) atoms. The van der Waals surface area contributed by atoms with E-state index < -0.39 is 6.10 Å². The van der Waals surface area contributed by atoms with Gasteiger partial charge in [0.2, 0.25) is 5.82 Å². The molecule has 0 fully saturated rings. The van der Waals surface area contributed by atoms with Crippen LogP contribution in [-0.2, 0) is 6.54 Å². The fourth-order valence-electron chi connectivity index (χ4n) is 2.09. The number of aliphatic hydroxyl groups is 1. The van der Waals surface area contributed by atoms with Crippen LogP contribution in [0.25, 0.3) is 11.4 Å². The first-order valence-electron chi connectivity index (χ1n) is 7.41. The molecule has 3 aromatic rings. The smallest absolute Gasteiger partial charge is 0.204 e. The standard InChI is InChI=1S/C17H18N4O2/c1-13-7-9-16(10-8-13)23-12-15(22)11-21-19-17(18-20-21)14-5-3-2-4-6-14/h2-10,15,22H,11-12H2,1H3. The molecule has 2 aromatic carbocycles. The Morgan fingerprint density at radius 2 is 1.83 bits per heavy atom. The van der Waals surface area contributed by atoms with E-state index in [0.717, 1.165) is 16.9 Å². The number of aromatic nitrogens is 4. The summed E-state index contributed by atoms with van der Waals surface area (Å²) in [5.41, 5.74) is 2.06. The van der Waals surface area contributed by atoms with Gasteiger partial charge in [-0.2, -0.15) is 4.80 Å². The molecule has 6 nitrogen and oxygen atoms in total. The summed E-state index contributed by atoms with van der Waals surface area (Å²) >= 11 is 0. The van der Waals surface area contributed by atoms with Gasteiger partial charge in [0.1, 0.15) is 18.5 Å². The van der Waals surface area contributed by atoms with Crippen molar-refractivity contribution < 1.29 is 9.84 Å². The van der Waals surface area contributed by atoms with Gasteiger partial charge in [0.15, 0.2) is 0 Å². The largest absolute Gasteiger partial charge is 0.491 e. The highest BCUT2D eigenvalue weighted by Gasteiger charge is 2.11. The van der Waals surface area contributed by atoms with Gasteiger partial charge in [-0.05, 0) is 24.3 Å². The number of ether oxygens (including phenoxy) is 1. The molecule has 1 atom stereocenters. The summed E-state index contributed by atoms with van der Waals surface area (Å²) in [6.07, 6.45) is -0.714. The summed E-state index contributed by atoms with van der Waals surface area (Å²) in [4.78, 5) is 1.38. The Labute approximate surface area is 134 Å². The minimum atomic E-state index is -0.714. The van der Waals surface area contributed by atoms with Crippen LogP contribution in [0.5, 0.6) is 5.75 Å². The van der Waals surface area contributed by atoms with Gasteiger partial charge in [-0.3, -0.25) is 0 Å². The zero-order valence-electron chi connectivity index (χ0n) is 12.8. The van der Waals surface area contributed by atoms with Gasteiger partial charge in [0.25, 0.3) is 0 Å². The lowest BCUT2D eigenvalue weighted by Crippen LogP contribution is -2.24. The number of hydrogen-bond acceptors (Lipinski definition) is 5. The second-order valence-corrected chi connectivity index (χ2v) is 5.31. The Bertz CT molecular complexity index is 741. The Morgan fingerprint density at radius 1 is 1.09 bits per heavy atom. The normalized spacial score (nSPS) is 12.1. The van der Waals surface area contributed by atoms with E-state index in [1.54, 1.807) is 0 Å². The molecule has 1 N–H and O–H groups in total. The van der Waals surface area contributed by atoms with Gasteiger partial charge >= 0.3 is 0 Å². The van der Waals surface area contributed by atoms with Crippen molar-refractivity contribution in [1.29, 1.82) is 0 Å². The average molecular weight is 310 g/mol. The molecule has 1 aromatic heterocycles. The third kappa shape index (κ3) is 4.14. The van der Waals surface area contributed by atoms with Gasteiger partial charge in [0.05, 0.1) is 6.54 Å². The van der Waals surface area contributed by atoms with Crippen LogP contribution in [0.15, 0.2) is 54.6 Å². The Hall–Kier alpha value is -2.73. The van der Waals surface area contributed by atoms with E-state index in [0.29, 0.717) is 5.82 Å². The first-order valence-corrected chi connectivity index (χ1v) is 7.41. The molecule has 0 radical (unpaired) electrons. The van der Waals surface area contributed by atoms with Crippen molar-refractivity contribution in [3.63, 3.8) is 0 Å². The molecular weight excluding hydrogens is 292 g/mol. The lowest BCUT2D eigenvalue weighted by Gasteiger charge is -2.11. The minimum absolute atomic E-state index is 0.172. The van der Waals surface area contributed by atoms with Gasteiger partial charge in [0, 0.05) is 5.56 Å². The average Bonchev–Trinajstić information content (AvgIpc) is 3.04. The molecule has 118 valence electrons. The zero-order chi connectivity index (χ0) is 16.1. The van der Waals surface area contributed by atoms with Crippen LogP contribution in [0.4, 0.5) is 0 Å². The summed E-state index contributed by atoms with van der Waals surface area (Å²) < 4.78 is 5.55. The topological polar surface area (TPSA) is 73.1 Å². The molecular formula is C17H18N4O2. The predicted octanol–water partition coefficient (Wildman–Crippen LogP) is 2.09. The third-order valence-corrected chi connectivity index (χ3v) is 3.32. The maximum absolute atomic E-state index is 10.0. The molecule has 0 bridgehead atoms. The molecule has 1 heterocycles. The van der Waals surface area contributed by atoms with Crippen LogP contribution < -0.4 is 4.74 Å².